The smallest absolute Gasteiger partial charge is 0.378 e. The summed E-state index contributed by atoms with van der Waals surface area (Å²) >= 11 is 0. The summed E-state index contributed by atoms with van der Waals surface area (Å²) in [5.41, 5.74) is -1.89. The van der Waals surface area contributed by atoms with Crippen LogP contribution in [-0.4, -0.2) is 32.3 Å². The Hall–Kier alpha value is -4.17. The number of anilines is 2. The SMILES string of the molecule is CC(=O)Nc1ccc(-c2cnn(C[C@](C)(O)C(=O)Nc3ccc(C#N)c(C(F)(F)F)c3)c2)cc1. The van der Waals surface area contributed by atoms with Gasteiger partial charge in [0.25, 0.3) is 5.91 Å². The lowest BCUT2D eigenvalue weighted by atomic mass is 10.0. The van der Waals surface area contributed by atoms with Gasteiger partial charge in [0.1, 0.15) is 0 Å². The monoisotopic (exact) mass is 471 g/mol. The Balaban J connectivity index is 1.72. The lowest BCUT2D eigenvalue weighted by Crippen LogP contribution is -2.43. The molecule has 3 aromatic rings. The molecule has 0 radical (unpaired) electrons. The molecule has 11 heteroatoms. The van der Waals surface area contributed by atoms with Gasteiger partial charge in [-0.1, -0.05) is 12.1 Å². The molecule has 0 bridgehead atoms. The Labute approximate surface area is 192 Å². The van der Waals surface area contributed by atoms with Gasteiger partial charge in [0.05, 0.1) is 29.9 Å². The first-order valence-electron chi connectivity index (χ1n) is 9.95. The van der Waals surface area contributed by atoms with E-state index in [2.05, 4.69) is 15.7 Å². The van der Waals surface area contributed by atoms with E-state index in [9.17, 15) is 27.9 Å². The van der Waals surface area contributed by atoms with Gasteiger partial charge < -0.3 is 15.7 Å². The Morgan fingerprint density at radius 2 is 1.74 bits per heavy atom. The van der Waals surface area contributed by atoms with Crippen molar-refractivity contribution >= 4 is 23.2 Å². The average Bonchev–Trinajstić information content (AvgIpc) is 3.21. The van der Waals surface area contributed by atoms with Crippen molar-refractivity contribution in [3.05, 3.63) is 66.0 Å². The number of hydrogen-bond donors (Lipinski definition) is 3. The number of aliphatic hydroxyl groups is 1. The van der Waals surface area contributed by atoms with Crippen LogP contribution in [0.5, 0.6) is 0 Å². The molecule has 1 aromatic heterocycles. The summed E-state index contributed by atoms with van der Waals surface area (Å²) in [6, 6.07) is 11.2. The highest BCUT2D eigenvalue weighted by Crippen LogP contribution is 2.33. The first kappa shape index (κ1) is 24.5. The van der Waals surface area contributed by atoms with Crippen molar-refractivity contribution < 1.29 is 27.9 Å². The van der Waals surface area contributed by atoms with Gasteiger partial charge in [0, 0.05) is 30.1 Å². The van der Waals surface area contributed by atoms with Crippen LogP contribution in [-0.2, 0) is 22.3 Å². The fourth-order valence-corrected chi connectivity index (χ4v) is 3.16. The molecule has 34 heavy (non-hydrogen) atoms. The second kappa shape index (κ2) is 9.36. The summed E-state index contributed by atoms with van der Waals surface area (Å²) in [7, 11) is 0. The molecular weight excluding hydrogens is 451 g/mol. The van der Waals surface area contributed by atoms with E-state index in [-0.39, 0.29) is 18.1 Å². The highest BCUT2D eigenvalue weighted by Gasteiger charge is 2.35. The fraction of sp³-hybridized carbons (Fsp3) is 0.217. The fourth-order valence-electron chi connectivity index (χ4n) is 3.16. The standard InChI is InChI=1S/C23H20F3N5O3/c1-14(32)29-18-6-3-15(4-7-18)17-11-28-31(12-17)13-22(2,34)21(33)30-19-8-5-16(10-27)20(9-19)23(24,25)26/h3-9,11-12,34H,13H2,1-2H3,(H,29,32)(H,30,33)/t22-/m0/s1. The molecule has 8 nitrogen and oxygen atoms in total. The summed E-state index contributed by atoms with van der Waals surface area (Å²) < 4.78 is 40.8. The summed E-state index contributed by atoms with van der Waals surface area (Å²) in [6.45, 7) is 2.34. The normalized spacial score (nSPS) is 13.0. The van der Waals surface area contributed by atoms with Gasteiger partial charge in [-0.25, -0.2) is 0 Å². The molecule has 0 fully saturated rings. The van der Waals surface area contributed by atoms with E-state index in [1.165, 1.54) is 30.8 Å². The molecule has 0 aliphatic carbocycles. The summed E-state index contributed by atoms with van der Waals surface area (Å²) in [4.78, 5) is 23.7. The minimum absolute atomic E-state index is 0.197. The molecule has 1 heterocycles. The summed E-state index contributed by atoms with van der Waals surface area (Å²) in [5, 5.41) is 28.6. The number of benzene rings is 2. The third-order valence-corrected chi connectivity index (χ3v) is 4.83. The van der Waals surface area contributed by atoms with Crippen LogP contribution in [0.15, 0.2) is 54.9 Å². The van der Waals surface area contributed by atoms with E-state index in [0.29, 0.717) is 17.3 Å². The average molecular weight is 471 g/mol. The highest BCUT2D eigenvalue weighted by atomic mass is 19.4. The van der Waals surface area contributed by atoms with Gasteiger partial charge in [-0.15, -0.1) is 0 Å². The van der Waals surface area contributed by atoms with Crippen molar-refractivity contribution in [2.45, 2.75) is 32.2 Å². The topological polar surface area (TPSA) is 120 Å². The van der Waals surface area contributed by atoms with Crippen molar-refractivity contribution in [2.24, 2.45) is 0 Å². The van der Waals surface area contributed by atoms with Crippen LogP contribution in [0, 0.1) is 11.3 Å². The minimum atomic E-state index is -4.78. The van der Waals surface area contributed by atoms with Gasteiger partial charge in [-0.2, -0.15) is 23.5 Å². The van der Waals surface area contributed by atoms with Crippen LogP contribution < -0.4 is 10.6 Å². The van der Waals surface area contributed by atoms with E-state index in [1.54, 1.807) is 30.5 Å². The molecule has 0 aliphatic heterocycles. The molecular formula is C23H20F3N5O3. The Kier molecular flexibility index (Phi) is 6.74. The minimum Gasteiger partial charge on any atom is -0.378 e. The first-order chi connectivity index (χ1) is 15.9. The van der Waals surface area contributed by atoms with Crippen molar-refractivity contribution in [2.75, 3.05) is 10.6 Å². The largest absolute Gasteiger partial charge is 0.417 e. The molecule has 2 aromatic carbocycles. The third kappa shape index (κ3) is 5.79. The van der Waals surface area contributed by atoms with Crippen LogP contribution in [0.4, 0.5) is 24.5 Å². The van der Waals surface area contributed by atoms with E-state index in [4.69, 9.17) is 5.26 Å². The molecule has 3 N–H and O–H groups in total. The van der Waals surface area contributed by atoms with Crippen LogP contribution in [0.3, 0.4) is 0 Å². The lowest BCUT2D eigenvalue weighted by molar-refractivity contribution is -0.138. The van der Waals surface area contributed by atoms with Crippen LogP contribution in [0.2, 0.25) is 0 Å². The van der Waals surface area contributed by atoms with E-state index in [1.807, 2.05) is 0 Å². The number of hydrogen-bond acceptors (Lipinski definition) is 5. The van der Waals surface area contributed by atoms with Crippen molar-refractivity contribution in [3.8, 4) is 17.2 Å². The zero-order chi connectivity index (χ0) is 25.1. The Bertz CT molecular complexity index is 1260. The maximum Gasteiger partial charge on any atom is 0.417 e. The number of carbonyl (C=O) groups is 2. The third-order valence-electron chi connectivity index (χ3n) is 4.83. The van der Waals surface area contributed by atoms with Gasteiger partial charge >= 0.3 is 6.18 Å². The number of aromatic nitrogens is 2. The van der Waals surface area contributed by atoms with E-state index < -0.39 is 28.8 Å². The molecule has 0 aliphatic rings. The number of nitriles is 1. The Morgan fingerprint density at radius 3 is 2.32 bits per heavy atom. The molecule has 0 unspecified atom stereocenters. The number of alkyl halides is 3. The van der Waals surface area contributed by atoms with E-state index in [0.717, 1.165) is 17.7 Å². The highest BCUT2D eigenvalue weighted by molar-refractivity contribution is 5.97. The van der Waals surface area contributed by atoms with Gasteiger partial charge in [0.15, 0.2) is 5.60 Å². The second-order valence-electron chi connectivity index (χ2n) is 7.78. The molecule has 176 valence electrons. The number of nitrogens with one attached hydrogen (secondary N) is 2. The molecule has 1 atom stereocenters. The second-order valence-corrected chi connectivity index (χ2v) is 7.78. The maximum absolute atomic E-state index is 13.2. The molecule has 3 rings (SSSR count). The van der Waals surface area contributed by atoms with Crippen molar-refractivity contribution in [3.63, 3.8) is 0 Å². The number of nitrogens with zero attached hydrogens (tertiary/aromatic N) is 3. The molecule has 0 saturated heterocycles. The van der Waals surface area contributed by atoms with Gasteiger partial charge in [-0.05, 0) is 42.8 Å². The van der Waals surface area contributed by atoms with Crippen molar-refractivity contribution in [1.82, 2.24) is 9.78 Å². The predicted octanol–water partition coefficient (Wildman–Crippen LogP) is 3.79. The number of carbonyl (C=O) groups excluding carboxylic acids is 2. The van der Waals surface area contributed by atoms with Gasteiger partial charge in [0.2, 0.25) is 5.91 Å². The van der Waals surface area contributed by atoms with Crippen LogP contribution >= 0.6 is 0 Å². The zero-order valence-electron chi connectivity index (χ0n) is 18.1. The lowest BCUT2D eigenvalue weighted by Gasteiger charge is -2.22. The summed E-state index contributed by atoms with van der Waals surface area (Å²) in [6.07, 6.45) is -1.66. The first-order valence-corrected chi connectivity index (χ1v) is 9.95. The maximum atomic E-state index is 13.2. The van der Waals surface area contributed by atoms with Gasteiger partial charge in [-0.3, -0.25) is 14.3 Å². The predicted molar refractivity (Wildman–Crippen MR) is 117 cm³/mol. The molecule has 0 spiro atoms. The molecule has 0 saturated carbocycles. The number of amides is 2. The van der Waals surface area contributed by atoms with Crippen LogP contribution in [0.1, 0.15) is 25.0 Å². The number of rotatable bonds is 6. The summed E-state index contributed by atoms with van der Waals surface area (Å²) in [5.74, 6) is -1.14. The quantitative estimate of drug-likeness (QED) is 0.505. The molecule has 2 amide bonds. The number of halogens is 3. The van der Waals surface area contributed by atoms with Crippen molar-refractivity contribution in [1.29, 1.82) is 5.26 Å². The zero-order valence-corrected chi connectivity index (χ0v) is 18.1. The Morgan fingerprint density at radius 1 is 1.09 bits per heavy atom. The van der Waals surface area contributed by atoms with Crippen LogP contribution in [0.25, 0.3) is 11.1 Å². The van der Waals surface area contributed by atoms with E-state index >= 15 is 0 Å².